The second-order valence-electron chi connectivity index (χ2n) is 5.82. The third-order valence-corrected chi connectivity index (χ3v) is 3.75. The molecule has 7 heteroatoms. The molecule has 0 aliphatic heterocycles. The highest BCUT2D eigenvalue weighted by Crippen LogP contribution is 2.38. The van der Waals surface area contributed by atoms with Gasteiger partial charge >= 0.3 is 5.97 Å². The molecule has 28 heavy (non-hydrogen) atoms. The minimum Gasteiger partial charge on any atom is -0.493 e. The van der Waals surface area contributed by atoms with Gasteiger partial charge < -0.3 is 24.3 Å². The number of benzene rings is 2. The predicted molar refractivity (Wildman–Crippen MR) is 106 cm³/mol. The van der Waals surface area contributed by atoms with Crippen molar-refractivity contribution >= 4 is 23.6 Å². The van der Waals surface area contributed by atoms with Crippen LogP contribution in [0.4, 0.5) is 5.69 Å². The molecule has 1 N–H and O–H groups in total. The summed E-state index contributed by atoms with van der Waals surface area (Å²) in [6.45, 7) is 1.54. The van der Waals surface area contributed by atoms with E-state index in [2.05, 4.69) is 5.32 Å². The summed E-state index contributed by atoms with van der Waals surface area (Å²) in [5.41, 5.74) is 2.31. The maximum absolute atomic E-state index is 11.9. The molecule has 0 saturated heterocycles. The van der Waals surface area contributed by atoms with E-state index in [4.69, 9.17) is 18.9 Å². The van der Waals surface area contributed by atoms with Crippen molar-refractivity contribution in [2.24, 2.45) is 0 Å². The first kappa shape index (κ1) is 20.8. The fraction of sp³-hybridized carbons (Fsp3) is 0.238. The normalized spacial score (nSPS) is 10.4. The number of rotatable bonds is 8. The molecule has 0 radical (unpaired) electrons. The molecule has 1 amide bonds. The number of carbonyl (C=O) groups excluding carboxylic acids is 2. The van der Waals surface area contributed by atoms with E-state index < -0.39 is 11.9 Å². The number of aryl methyl sites for hydroxylation is 1. The van der Waals surface area contributed by atoms with Crippen molar-refractivity contribution in [3.8, 4) is 17.2 Å². The maximum Gasteiger partial charge on any atom is 0.331 e. The summed E-state index contributed by atoms with van der Waals surface area (Å²) < 4.78 is 20.7. The molecule has 2 rings (SSSR count). The number of esters is 1. The summed E-state index contributed by atoms with van der Waals surface area (Å²) in [5, 5.41) is 2.67. The van der Waals surface area contributed by atoms with Crippen LogP contribution >= 0.6 is 0 Å². The Labute approximate surface area is 163 Å². The van der Waals surface area contributed by atoms with Crippen LogP contribution in [0.15, 0.2) is 42.5 Å². The monoisotopic (exact) mass is 385 g/mol. The van der Waals surface area contributed by atoms with Crippen LogP contribution in [-0.4, -0.2) is 39.8 Å². The van der Waals surface area contributed by atoms with Gasteiger partial charge in [0.2, 0.25) is 5.75 Å². The third kappa shape index (κ3) is 5.77. The second kappa shape index (κ2) is 10.0. The summed E-state index contributed by atoms with van der Waals surface area (Å²) in [4.78, 5) is 23.8. The lowest BCUT2D eigenvalue weighted by molar-refractivity contribution is -0.142. The molecular weight excluding hydrogens is 362 g/mol. The molecule has 0 saturated carbocycles. The Bertz CT molecular complexity index is 850. The van der Waals surface area contributed by atoms with E-state index in [0.717, 1.165) is 5.56 Å². The Balaban J connectivity index is 1.95. The van der Waals surface area contributed by atoms with E-state index >= 15 is 0 Å². The number of carbonyl (C=O) groups is 2. The average Bonchev–Trinajstić information content (AvgIpc) is 2.69. The quantitative estimate of drug-likeness (QED) is 0.555. The van der Waals surface area contributed by atoms with Crippen LogP contribution in [0.2, 0.25) is 0 Å². The molecule has 0 aliphatic carbocycles. The SMILES string of the molecule is COc1cc(C=CC(=O)OCC(=O)Nc2cccc(C)c2)cc(OC)c1OC. The minimum absolute atomic E-state index is 0.383. The molecule has 2 aromatic carbocycles. The van der Waals surface area contributed by atoms with E-state index in [1.165, 1.54) is 33.5 Å². The second-order valence-corrected chi connectivity index (χ2v) is 5.82. The van der Waals surface area contributed by atoms with Gasteiger partial charge in [-0.15, -0.1) is 0 Å². The fourth-order valence-electron chi connectivity index (χ4n) is 2.47. The number of amides is 1. The van der Waals surface area contributed by atoms with Gasteiger partial charge in [0.1, 0.15) is 0 Å². The van der Waals surface area contributed by atoms with Crippen molar-refractivity contribution < 1.29 is 28.5 Å². The van der Waals surface area contributed by atoms with Crippen molar-refractivity contribution in [2.75, 3.05) is 33.3 Å². The average molecular weight is 385 g/mol. The van der Waals surface area contributed by atoms with E-state index in [1.54, 1.807) is 18.2 Å². The summed E-state index contributed by atoms with van der Waals surface area (Å²) in [6, 6.07) is 10.7. The molecular formula is C21H23NO6. The largest absolute Gasteiger partial charge is 0.493 e. The van der Waals surface area contributed by atoms with Gasteiger partial charge in [0.25, 0.3) is 5.91 Å². The first-order valence-corrected chi connectivity index (χ1v) is 8.48. The number of anilines is 1. The van der Waals surface area contributed by atoms with Crippen molar-refractivity contribution in [3.05, 3.63) is 53.6 Å². The highest BCUT2D eigenvalue weighted by molar-refractivity contribution is 5.94. The smallest absolute Gasteiger partial charge is 0.331 e. The third-order valence-electron chi connectivity index (χ3n) is 3.75. The zero-order valence-corrected chi connectivity index (χ0v) is 16.3. The zero-order valence-electron chi connectivity index (χ0n) is 16.3. The summed E-state index contributed by atoms with van der Waals surface area (Å²) in [7, 11) is 4.52. The topological polar surface area (TPSA) is 83.1 Å². The van der Waals surface area contributed by atoms with Gasteiger partial charge in [0.05, 0.1) is 21.3 Å². The van der Waals surface area contributed by atoms with Gasteiger partial charge in [0.15, 0.2) is 18.1 Å². The van der Waals surface area contributed by atoms with Crippen molar-refractivity contribution in [2.45, 2.75) is 6.92 Å². The van der Waals surface area contributed by atoms with Crippen LogP contribution in [0.5, 0.6) is 17.2 Å². The number of methoxy groups -OCH3 is 3. The summed E-state index contributed by atoms with van der Waals surface area (Å²) in [5.74, 6) is 0.325. The van der Waals surface area contributed by atoms with Gasteiger partial charge in [-0.1, -0.05) is 12.1 Å². The zero-order chi connectivity index (χ0) is 20.5. The van der Waals surface area contributed by atoms with Gasteiger partial charge in [-0.25, -0.2) is 4.79 Å². The number of nitrogens with one attached hydrogen (secondary N) is 1. The fourth-order valence-corrected chi connectivity index (χ4v) is 2.47. The number of hydrogen-bond donors (Lipinski definition) is 1. The first-order valence-electron chi connectivity index (χ1n) is 8.48. The van der Waals surface area contributed by atoms with Crippen LogP contribution < -0.4 is 19.5 Å². The van der Waals surface area contributed by atoms with Crippen molar-refractivity contribution in [1.29, 1.82) is 0 Å². The van der Waals surface area contributed by atoms with Crippen LogP contribution in [-0.2, 0) is 14.3 Å². The molecule has 0 spiro atoms. The van der Waals surface area contributed by atoms with Crippen LogP contribution in [0.3, 0.4) is 0 Å². The first-order chi connectivity index (χ1) is 13.5. The lowest BCUT2D eigenvalue weighted by Gasteiger charge is -2.12. The molecule has 2 aromatic rings. The predicted octanol–water partition coefficient (Wildman–Crippen LogP) is 3.22. The highest BCUT2D eigenvalue weighted by atomic mass is 16.5. The molecule has 0 aromatic heterocycles. The molecule has 7 nitrogen and oxygen atoms in total. The lowest BCUT2D eigenvalue weighted by atomic mass is 10.1. The lowest BCUT2D eigenvalue weighted by Crippen LogP contribution is -2.20. The molecule has 0 fully saturated rings. The number of hydrogen-bond acceptors (Lipinski definition) is 6. The van der Waals surface area contributed by atoms with Gasteiger partial charge in [0, 0.05) is 11.8 Å². The number of ether oxygens (including phenoxy) is 4. The van der Waals surface area contributed by atoms with Crippen molar-refractivity contribution in [1.82, 2.24) is 0 Å². The highest BCUT2D eigenvalue weighted by Gasteiger charge is 2.12. The molecule has 0 aliphatic rings. The molecule has 0 unspecified atom stereocenters. The van der Waals surface area contributed by atoms with E-state index in [0.29, 0.717) is 28.5 Å². The van der Waals surface area contributed by atoms with E-state index in [1.807, 2.05) is 25.1 Å². The Morgan fingerprint density at radius 1 is 1.00 bits per heavy atom. The van der Waals surface area contributed by atoms with Gasteiger partial charge in [-0.3, -0.25) is 4.79 Å². The molecule has 0 heterocycles. The molecule has 148 valence electrons. The Kier molecular flexibility index (Phi) is 7.45. The maximum atomic E-state index is 11.9. The summed E-state index contributed by atoms with van der Waals surface area (Å²) >= 11 is 0. The van der Waals surface area contributed by atoms with Crippen LogP contribution in [0.25, 0.3) is 6.08 Å². The minimum atomic E-state index is -0.645. The van der Waals surface area contributed by atoms with Gasteiger partial charge in [-0.05, 0) is 48.4 Å². The standard InChI is InChI=1S/C21H23NO6/c1-14-6-5-7-16(10-14)22-19(23)13-28-20(24)9-8-15-11-17(25-2)21(27-4)18(12-15)26-3/h5-12H,13H2,1-4H3,(H,22,23). The summed E-state index contributed by atoms with van der Waals surface area (Å²) in [6.07, 6.45) is 2.76. The van der Waals surface area contributed by atoms with Crippen LogP contribution in [0, 0.1) is 6.92 Å². The van der Waals surface area contributed by atoms with Crippen molar-refractivity contribution in [3.63, 3.8) is 0 Å². The molecule has 0 bridgehead atoms. The van der Waals surface area contributed by atoms with Gasteiger partial charge in [-0.2, -0.15) is 0 Å². The Hall–Kier alpha value is -3.48. The molecule has 0 atom stereocenters. The van der Waals surface area contributed by atoms with Crippen LogP contribution in [0.1, 0.15) is 11.1 Å². The Morgan fingerprint density at radius 3 is 2.25 bits per heavy atom. The van der Waals surface area contributed by atoms with E-state index in [9.17, 15) is 9.59 Å². The van der Waals surface area contributed by atoms with E-state index in [-0.39, 0.29) is 6.61 Å². The Morgan fingerprint density at radius 2 is 1.68 bits per heavy atom.